The molecular formula is C17H20N2O4S2. The number of carbonyl (C=O) groups excluding carboxylic acids is 1. The van der Waals surface area contributed by atoms with Gasteiger partial charge in [0.25, 0.3) is 10.0 Å². The monoisotopic (exact) mass is 380 g/mol. The van der Waals surface area contributed by atoms with Crippen molar-refractivity contribution in [2.45, 2.75) is 23.6 Å². The maximum absolute atomic E-state index is 12.6. The number of ether oxygens (including phenoxy) is 1. The van der Waals surface area contributed by atoms with Crippen LogP contribution in [0.4, 0.5) is 11.4 Å². The summed E-state index contributed by atoms with van der Waals surface area (Å²) in [5.74, 6) is 0.409. The lowest BCUT2D eigenvalue weighted by atomic mass is 10.3. The summed E-state index contributed by atoms with van der Waals surface area (Å²) < 4.78 is 33.0. The zero-order valence-corrected chi connectivity index (χ0v) is 15.8. The quantitative estimate of drug-likeness (QED) is 0.718. The Hall–Kier alpha value is -2.19. The number of rotatable bonds is 7. The van der Waals surface area contributed by atoms with E-state index in [-0.39, 0.29) is 10.8 Å². The molecule has 0 aliphatic heterocycles. The highest BCUT2D eigenvalue weighted by Crippen LogP contribution is 2.29. The molecule has 0 radical (unpaired) electrons. The molecule has 2 aromatic carbocycles. The SMILES string of the molecule is CCOc1ccc(NS(=O)(=O)c2ccc(SC)c(NC(C)=O)c2)cc1. The summed E-state index contributed by atoms with van der Waals surface area (Å²) in [6.07, 6.45) is 1.85. The molecule has 0 saturated heterocycles. The fourth-order valence-electron chi connectivity index (χ4n) is 2.14. The van der Waals surface area contributed by atoms with Gasteiger partial charge < -0.3 is 10.1 Å². The standard InChI is InChI=1S/C17H20N2O4S2/c1-4-23-14-7-5-13(6-8-14)19-25(21,22)15-9-10-17(24-3)16(11-15)18-12(2)20/h5-11,19H,4H2,1-3H3,(H,18,20). The molecule has 1 amide bonds. The fraction of sp³-hybridized carbons (Fsp3) is 0.235. The molecule has 0 atom stereocenters. The Morgan fingerprint density at radius 2 is 1.84 bits per heavy atom. The average Bonchev–Trinajstić information content (AvgIpc) is 2.56. The van der Waals surface area contributed by atoms with Crippen LogP contribution in [-0.4, -0.2) is 27.2 Å². The fourth-order valence-corrected chi connectivity index (χ4v) is 3.76. The van der Waals surface area contributed by atoms with Gasteiger partial charge in [-0.15, -0.1) is 11.8 Å². The number of amides is 1. The molecule has 0 unspecified atom stereocenters. The van der Waals surface area contributed by atoms with Gasteiger partial charge in [-0.05, 0) is 55.6 Å². The zero-order chi connectivity index (χ0) is 18.4. The first-order valence-corrected chi connectivity index (χ1v) is 10.3. The van der Waals surface area contributed by atoms with Gasteiger partial charge >= 0.3 is 0 Å². The number of benzene rings is 2. The van der Waals surface area contributed by atoms with Crippen molar-refractivity contribution in [1.82, 2.24) is 0 Å². The smallest absolute Gasteiger partial charge is 0.261 e. The lowest BCUT2D eigenvalue weighted by Gasteiger charge is -2.13. The van der Waals surface area contributed by atoms with Crippen LogP contribution in [0.5, 0.6) is 5.75 Å². The number of hydrogen-bond acceptors (Lipinski definition) is 5. The molecule has 134 valence electrons. The van der Waals surface area contributed by atoms with Gasteiger partial charge in [-0.2, -0.15) is 0 Å². The predicted molar refractivity (Wildman–Crippen MR) is 101 cm³/mol. The van der Waals surface area contributed by atoms with Crippen LogP contribution < -0.4 is 14.8 Å². The molecule has 0 aliphatic carbocycles. The third kappa shape index (κ3) is 5.14. The van der Waals surface area contributed by atoms with E-state index in [4.69, 9.17) is 4.74 Å². The van der Waals surface area contributed by atoms with E-state index in [2.05, 4.69) is 10.0 Å². The van der Waals surface area contributed by atoms with Gasteiger partial charge in [-0.3, -0.25) is 9.52 Å². The first-order valence-electron chi connectivity index (χ1n) is 7.57. The van der Waals surface area contributed by atoms with Crippen LogP contribution in [-0.2, 0) is 14.8 Å². The number of anilines is 2. The highest BCUT2D eigenvalue weighted by Gasteiger charge is 2.17. The lowest BCUT2D eigenvalue weighted by molar-refractivity contribution is -0.114. The summed E-state index contributed by atoms with van der Waals surface area (Å²) in [4.78, 5) is 12.2. The van der Waals surface area contributed by atoms with Crippen molar-refractivity contribution in [3.05, 3.63) is 42.5 Å². The van der Waals surface area contributed by atoms with E-state index in [1.807, 2.05) is 13.2 Å². The number of sulfonamides is 1. The highest BCUT2D eigenvalue weighted by molar-refractivity contribution is 7.98. The second-order valence-electron chi connectivity index (χ2n) is 5.11. The maximum Gasteiger partial charge on any atom is 0.261 e. The van der Waals surface area contributed by atoms with E-state index < -0.39 is 10.0 Å². The first-order chi connectivity index (χ1) is 11.9. The first kappa shape index (κ1) is 19.1. The predicted octanol–water partition coefficient (Wildman–Crippen LogP) is 3.57. The van der Waals surface area contributed by atoms with Crippen molar-refractivity contribution in [3.63, 3.8) is 0 Å². The van der Waals surface area contributed by atoms with Crippen molar-refractivity contribution >= 4 is 39.1 Å². The Balaban J connectivity index is 2.27. The minimum atomic E-state index is -3.77. The Kier molecular flexibility index (Phi) is 6.33. The van der Waals surface area contributed by atoms with Crippen LogP contribution in [0.15, 0.2) is 52.3 Å². The second-order valence-corrected chi connectivity index (χ2v) is 7.64. The third-order valence-electron chi connectivity index (χ3n) is 3.21. The van der Waals surface area contributed by atoms with Gasteiger partial charge in [0.05, 0.1) is 17.2 Å². The Labute approximate surface area is 152 Å². The van der Waals surface area contributed by atoms with Crippen molar-refractivity contribution in [2.75, 3.05) is 22.9 Å². The molecule has 0 aromatic heterocycles. The van der Waals surface area contributed by atoms with Crippen molar-refractivity contribution in [3.8, 4) is 5.75 Å². The van der Waals surface area contributed by atoms with Crippen LogP contribution in [0.2, 0.25) is 0 Å². The summed E-state index contributed by atoms with van der Waals surface area (Å²) in [6, 6.07) is 11.3. The molecule has 2 N–H and O–H groups in total. The molecule has 0 saturated carbocycles. The van der Waals surface area contributed by atoms with E-state index in [1.165, 1.54) is 30.8 Å². The topological polar surface area (TPSA) is 84.5 Å². The molecule has 8 heteroatoms. The van der Waals surface area contributed by atoms with Gasteiger partial charge in [-0.25, -0.2) is 8.42 Å². The Morgan fingerprint density at radius 3 is 2.40 bits per heavy atom. The Bertz CT molecular complexity index is 849. The molecule has 25 heavy (non-hydrogen) atoms. The number of hydrogen-bond donors (Lipinski definition) is 2. The van der Waals surface area contributed by atoms with Crippen molar-refractivity contribution in [1.29, 1.82) is 0 Å². The summed E-state index contributed by atoms with van der Waals surface area (Å²) in [6.45, 7) is 3.80. The van der Waals surface area contributed by atoms with Gasteiger partial charge in [0.1, 0.15) is 5.75 Å². The maximum atomic E-state index is 12.6. The van der Waals surface area contributed by atoms with Gasteiger partial charge in [0.2, 0.25) is 5.91 Å². The second kappa shape index (κ2) is 8.26. The number of thioether (sulfide) groups is 1. The van der Waals surface area contributed by atoms with Gasteiger partial charge in [0, 0.05) is 17.5 Å². The molecule has 6 nitrogen and oxygen atoms in total. The van der Waals surface area contributed by atoms with E-state index in [1.54, 1.807) is 30.3 Å². The lowest BCUT2D eigenvalue weighted by Crippen LogP contribution is -2.14. The van der Waals surface area contributed by atoms with E-state index in [9.17, 15) is 13.2 Å². The molecule has 0 heterocycles. The minimum absolute atomic E-state index is 0.0722. The van der Waals surface area contributed by atoms with Crippen LogP contribution >= 0.6 is 11.8 Å². The van der Waals surface area contributed by atoms with Crippen molar-refractivity contribution in [2.24, 2.45) is 0 Å². The van der Waals surface area contributed by atoms with Gasteiger partial charge in [-0.1, -0.05) is 0 Å². The van der Waals surface area contributed by atoms with Crippen LogP contribution in [0.25, 0.3) is 0 Å². The minimum Gasteiger partial charge on any atom is -0.494 e. The van der Waals surface area contributed by atoms with Crippen LogP contribution in [0, 0.1) is 0 Å². The molecule has 0 fully saturated rings. The summed E-state index contributed by atoms with van der Waals surface area (Å²) in [5, 5.41) is 2.65. The van der Waals surface area contributed by atoms with Crippen LogP contribution in [0.3, 0.4) is 0 Å². The average molecular weight is 380 g/mol. The van der Waals surface area contributed by atoms with E-state index in [0.29, 0.717) is 23.7 Å². The van der Waals surface area contributed by atoms with Crippen LogP contribution in [0.1, 0.15) is 13.8 Å². The third-order valence-corrected chi connectivity index (χ3v) is 5.38. The van der Waals surface area contributed by atoms with E-state index >= 15 is 0 Å². The summed E-state index contributed by atoms with van der Waals surface area (Å²) >= 11 is 1.42. The molecule has 2 aromatic rings. The van der Waals surface area contributed by atoms with Crippen molar-refractivity contribution < 1.29 is 17.9 Å². The molecule has 0 spiro atoms. The highest BCUT2D eigenvalue weighted by atomic mass is 32.2. The molecular weight excluding hydrogens is 360 g/mol. The van der Waals surface area contributed by atoms with E-state index in [0.717, 1.165) is 4.90 Å². The van der Waals surface area contributed by atoms with Gasteiger partial charge in [0.15, 0.2) is 0 Å². The largest absolute Gasteiger partial charge is 0.494 e. The number of carbonyl (C=O) groups is 1. The molecule has 2 rings (SSSR count). The summed E-state index contributed by atoms with van der Waals surface area (Å²) in [5.41, 5.74) is 0.896. The number of nitrogens with one attached hydrogen (secondary N) is 2. The summed E-state index contributed by atoms with van der Waals surface area (Å²) in [7, 11) is -3.77. The normalized spacial score (nSPS) is 11.0. The Morgan fingerprint density at radius 1 is 1.16 bits per heavy atom. The zero-order valence-electron chi connectivity index (χ0n) is 14.2. The molecule has 0 aliphatic rings. The molecule has 0 bridgehead atoms.